The number of nitrogens with one attached hydrogen (secondary N) is 1. The van der Waals surface area contributed by atoms with Gasteiger partial charge in [-0.2, -0.15) is 5.26 Å². The number of nitrogens with zero attached hydrogens (tertiary/aromatic N) is 2. The van der Waals surface area contributed by atoms with Crippen molar-refractivity contribution in [2.75, 3.05) is 31.6 Å². The first kappa shape index (κ1) is 24.2. The quantitative estimate of drug-likeness (QED) is 0.691. The molecule has 4 rings (SSSR count). The Bertz CT molecular complexity index is 1010. The summed E-state index contributed by atoms with van der Waals surface area (Å²) >= 11 is 0. The highest BCUT2D eigenvalue weighted by Crippen LogP contribution is 2.37. The number of benzene rings is 2. The smallest absolute Gasteiger partial charge is 0.409 e. The molecule has 2 heterocycles. The van der Waals surface area contributed by atoms with Crippen LogP contribution >= 0.6 is 0 Å². The van der Waals surface area contributed by atoms with E-state index in [1.54, 1.807) is 48.2 Å². The number of halogens is 1. The molecule has 174 valence electrons. The molecule has 0 spiro atoms. The van der Waals surface area contributed by atoms with Gasteiger partial charge in [0.1, 0.15) is 5.67 Å². The summed E-state index contributed by atoms with van der Waals surface area (Å²) < 4.78 is 20.3. The number of hydrogen-bond donors (Lipinski definition) is 2. The number of rotatable bonds is 3. The molecule has 2 N–H and O–H groups in total. The summed E-state index contributed by atoms with van der Waals surface area (Å²) in [4.78, 5) is 25.3. The molecule has 2 amide bonds. The fourth-order valence-electron chi connectivity index (χ4n) is 3.93. The zero-order valence-corrected chi connectivity index (χ0v) is 18.6. The molecule has 8 heteroatoms. The number of amides is 2. The van der Waals surface area contributed by atoms with Crippen molar-refractivity contribution in [3.63, 3.8) is 0 Å². The van der Waals surface area contributed by atoms with Crippen molar-refractivity contribution in [3.05, 3.63) is 64.7 Å². The van der Waals surface area contributed by atoms with Crippen LogP contribution in [0.25, 0.3) is 0 Å². The second-order valence-electron chi connectivity index (χ2n) is 8.23. The zero-order valence-electron chi connectivity index (χ0n) is 18.6. The number of nitriles is 1. The van der Waals surface area contributed by atoms with Crippen LogP contribution in [0, 0.1) is 18.3 Å². The maximum atomic E-state index is 15.4. The molecule has 0 radical (unpaired) electrons. The molecule has 2 saturated heterocycles. The fourth-order valence-corrected chi connectivity index (χ4v) is 3.93. The maximum absolute atomic E-state index is 15.4. The Kier molecular flexibility index (Phi) is 8.01. The molecule has 0 aliphatic carbocycles. The Labute approximate surface area is 192 Å². The second kappa shape index (κ2) is 10.9. The van der Waals surface area contributed by atoms with Crippen LogP contribution in [0.1, 0.15) is 52.7 Å². The minimum atomic E-state index is -1.54. The van der Waals surface area contributed by atoms with Crippen LogP contribution in [0.2, 0.25) is 0 Å². The van der Waals surface area contributed by atoms with Crippen LogP contribution in [0.5, 0.6) is 0 Å². The van der Waals surface area contributed by atoms with Gasteiger partial charge in [0.05, 0.1) is 11.6 Å². The maximum Gasteiger partial charge on any atom is 0.409 e. The Morgan fingerprint density at radius 1 is 1.12 bits per heavy atom. The van der Waals surface area contributed by atoms with Crippen molar-refractivity contribution in [2.24, 2.45) is 0 Å². The summed E-state index contributed by atoms with van der Waals surface area (Å²) in [6.45, 7) is 4.29. The van der Waals surface area contributed by atoms with Gasteiger partial charge in [-0.1, -0.05) is 18.2 Å². The van der Waals surface area contributed by atoms with Crippen molar-refractivity contribution < 1.29 is 23.8 Å². The van der Waals surface area contributed by atoms with Gasteiger partial charge >= 0.3 is 6.09 Å². The average Bonchev–Trinajstić information content (AvgIpc) is 3.40. The highest BCUT2D eigenvalue weighted by atomic mass is 19.1. The summed E-state index contributed by atoms with van der Waals surface area (Å²) in [5.41, 5.74) is 0.900. The van der Waals surface area contributed by atoms with E-state index >= 15 is 4.39 Å². The minimum Gasteiger partial charge on any atom is -0.465 e. The number of hydrogen-bond acceptors (Lipinski definition) is 4. The number of alkyl halides is 1. The zero-order chi connectivity index (χ0) is 23.8. The first-order valence-corrected chi connectivity index (χ1v) is 11.0. The molecule has 33 heavy (non-hydrogen) atoms. The highest BCUT2D eigenvalue weighted by Gasteiger charge is 2.37. The Balaban J connectivity index is 0.000000541. The van der Waals surface area contributed by atoms with E-state index in [0.717, 1.165) is 18.8 Å². The van der Waals surface area contributed by atoms with Crippen LogP contribution in [0.4, 0.5) is 14.9 Å². The first-order valence-electron chi connectivity index (χ1n) is 11.0. The monoisotopic (exact) mass is 453 g/mol. The standard InChI is InChI=1S/C21H20FN3O3.C4H8O/c1-14-2-7-17(24-20(27)28)12-18(14)19(26)25-10-8-21(22,9-11-25)16-5-3-15(13-23)4-6-16;1-2-4-5-3-1/h2-7,12,24H,8-11H2,1H3,(H,27,28);1-4H2. The summed E-state index contributed by atoms with van der Waals surface area (Å²) in [6.07, 6.45) is 1.68. The van der Waals surface area contributed by atoms with E-state index in [0.29, 0.717) is 22.4 Å². The molecule has 2 aromatic carbocycles. The fraction of sp³-hybridized carbons (Fsp3) is 0.400. The number of likely N-dealkylation sites (tertiary alicyclic amines) is 1. The van der Waals surface area contributed by atoms with Crippen LogP contribution in [-0.2, 0) is 10.4 Å². The summed E-state index contributed by atoms with van der Waals surface area (Å²) in [5.74, 6) is -0.242. The molecule has 0 atom stereocenters. The summed E-state index contributed by atoms with van der Waals surface area (Å²) in [5, 5.41) is 20.0. The van der Waals surface area contributed by atoms with Crippen LogP contribution in [0.15, 0.2) is 42.5 Å². The van der Waals surface area contributed by atoms with Gasteiger partial charge in [0.2, 0.25) is 0 Å². The predicted octanol–water partition coefficient (Wildman–Crippen LogP) is 4.85. The van der Waals surface area contributed by atoms with Crippen molar-refractivity contribution in [1.29, 1.82) is 5.26 Å². The SMILES string of the molecule is C1CCOC1.Cc1ccc(NC(=O)O)cc1C(=O)N1CCC(F)(c2ccc(C#N)cc2)CC1. The van der Waals surface area contributed by atoms with Gasteiger partial charge in [-0.25, -0.2) is 9.18 Å². The van der Waals surface area contributed by atoms with E-state index in [-0.39, 0.29) is 31.8 Å². The molecule has 0 bridgehead atoms. The average molecular weight is 454 g/mol. The topological polar surface area (TPSA) is 103 Å². The minimum absolute atomic E-state index is 0.163. The van der Waals surface area contributed by atoms with Gasteiger partial charge in [-0.05, 0) is 55.2 Å². The second-order valence-corrected chi connectivity index (χ2v) is 8.23. The predicted molar refractivity (Wildman–Crippen MR) is 122 cm³/mol. The van der Waals surface area contributed by atoms with E-state index in [1.165, 1.54) is 18.9 Å². The lowest BCUT2D eigenvalue weighted by atomic mass is 9.85. The number of carbonyl (C=O) groups excluding carboxylic acids is 1. The highest BCUT2D eigenvalue weighted by molar-refractivity contribution is 5.97. The summed E-state index contributed by atoms with van der Waals surface area (Å²) in [7, 11) is 0. The lowest BCUT2D eigenvalue weighted by Gasteiger charge is -2.37. The molecule has 0 unspecified atom stereocenters. The molecule has 7 nitrogen and oxygen atoms in total. The largest absolute Gasteiger partial charge is 0.465 e. The van der Waals surface area contributed by atoms with E-state index in [4.69, 9.17) is 15.1 Å². The third-order valence-electron chi connectivity index (χ3n) is 5.92. The van der Waals surface area contributed by atoms with E-state index in [2.05, 4.69) is 5.32 Å². The van der Waals surface area contributed by atoms with Crippen molar-refractivity contribution in [2.45, 2.75) is 38.3 Å². The number of carbonyl (C=O) groups is 2. The van der Waals surface area contributed by atoms with Crippen LogP contribution in [-0.4, -0.2) is 48.3 Å². The number of aryl methyl sites for hydroxylation is 1. The molecule has 0 aromatic heterocycles. The molecule has 2 aliphatic heterocycles. The van der Waals surface area contributed by atoms with Crippen LogP contribution < -0.4 is 5.32 Å². The van der Waals surface area contributed by atoms with Gasteiger partial charge in [0.25, 0.3) is 5.91 Å². The first-order chi connectivity index (χ1) is 15.8. The van der Waals surface area contributed by atoms with Gasteiger partial charge in [0.15, 0.2) is 0 Å². The molecular weight excluding hydrogens is 425 g/mol. The van der Waals surface area contributed by atoms with E-state index in [1.807, 2.05) is 6.07 Å². The third-order valence-corrected chi connectivity index (χ3v) is 5.92. The molecule has 2 aromatic rings. The molecular formula is C25H28FN3O4. The van der Waals surface area contributed by atoms with Gasteiger partial charge in [0, 0.05) is 50.4 Å². The van der Waals surface area contributed by atoms with E-state index < -0.39 is 11.8 Å². The van der Waals surface area contributed by atoms with Gasteiger partial charge in [-0.3, -0.25) is 10.1 Å². The van der Waals surface area contributed by atoms with Gasteiger partial charge < -0.3 is 14.7 Å². The molecule has 0 saturated carbocycles. The Hall–Kier alpha value is -3.44. The van der Waals surface area contributed by atoms with Crippen molar-refractivity contribution >= 4 is 17.7 Å². The Morgan fingerprint density at radius 2 is 1.76 bits per heavy atom. The third kappa shape index (κ3) is 6.30. The number of ether oxygens (including phenoxy) is 1. The lowest BCUT2D eigenvalue weighted by Crippen LogP contribution is -2.43. The number of carboxylic acid groups (broad SMARTS) is 1. The lowest BCUT2D eigenvalue weighted by molar-refractivity contribution is 0.0421. The summed E-state index contributed by atoms with van der Waals surface area (Å²) in [6, 6.07) is 13.2. The molecule has 2 fully saturated rings. The van der Waals surface area contributed by atoms with Crippen molar-refractivity contribution in [1.82, 2.24) is 4.90 Å². The van der Waals surface area contributed by atoms with Crippen LogP contribution in [0.3, 0.4) is 0 Å². The van der Waals surface area contributed by atoms with Gasteiger partial charge in [-0.15, -0.1) is 0 Å². The normalized spacial score (nSPS) is 16.8. The van der Waals surface area contributed by atoms with E-state index in [9.17, 15) is 9.59 Å². The number of piperidine rings is 1. The molecule has 2 aliphatic rings. The Morgan fingerprint density at radius 3 is 2.27 bits per heavy atom. The van der Waals surface area contributed by atoms with Crippen molar-refractivity contribution in [3.8, 4) is 6.07 Å². The number of anilines is 1.